The highest BCUT2D eigenvalue weighted by Crippen LogP contribution is 2.29. The van der Waals surface area contributed by atoms with Crippen molar-refractivity contribution in [1.82, 2.24) is 20.2 Å². The first-order chi connectivity index (χ1) is 9.33. The fraction of sp³-hybridized carbons (Fsp3) is 0.308. The van der Waals surface area contributed by atoms with Crippen molar-refractivity contribution in [2.24, 2.45) is 0 Å². The Bertz CT molecular complexity index is 579. The van der Waals surface area contributed by atoms with Crippen molar-refractivity contribution >= 4 is 11.8 Å². The van der Waals surface area contributed by atoms with Crippen LogP contribution < -0.4 is 0 Å². The molecule has 1 aromatic heterocycles. The molecule has 0 saturated heterocycles. The standard InChI is InChI=1S/C13H14N4OS/c18-11-8-6-10(7-9-11)17-13(14-15-16-17)19-12-4-2-1-3-5-12/h2,4,6-9,12,18H,1,3,5H2. The van der Waals surface area contributed by atoms with E-state index in [0.717, 1.165) is 17.3 Å². The third kappa shape index (κ3) is 2.78. The number of rotatable bonds is 3. The second-order valence-electron chi connectivity index (χ2n) is 4.41. The van der Waals surface area contributed by atoms with Gasteiger partial charge in [0.1, 0.15) is 5.75 Å². The van der Waals surface area contributed by atoms with Gasteiger partial charge in [-0.1, -0.05) is 23.9 Å². The van der Waals surface area contributed by atoms with E-state index < -0.39 is 0 Å². The predicted molar refractivity (Wildman–Crippen MR) is 73.5 cm³/mol. The summed E-state index contributed by atoms with van der Waals surface area (Å²) < 4.78 is 1.70. The maximum absolute atomic E-state index is 9.31. The zero-order valence-corrected chi connectivity index (χ0v) is 11.1. The van der Waals surface area contributed by atoms with E-state index in [0.29, 0.717) is 5.25 Å². The largest absolute Gasteiger partial charge is 0.508 e. The number of tetrazole rings is 1. The summed E-state index contributed by atoms with van der Waals surface area (Å²) >= 11 is 1.67. The van der Waals surface area contributed by atoms with Crippen molar-refractivity contribution in [3.8, 4) is 11.4 Å². The zero-order chi connectivity index (χ0) is 13.1. The van der Waals surface area contributed by atoms with E-state index in [-0.39, 0.29) is 5.75 Å². The number of phenolic OH excluding ortho intramolecular Hbond substituents is 1. The fourth-order valence-corrected chi connectivity index (χ4v) is 3.09. The molecule has 3 rings (SSSR count). The van der Waals surface area contributed by atoms with Crippen LogP contribution in [0.1, 0.15) is 19.3 Å². The van der Waals surface area contributed by atoms with Crippen LogP contribution in [0.3, 0.4) is 0 Å². The molecule has 1 N–H and O–H groups in total. The molecule has 1 unspecified atom stereocenters. The molecule has 0 spiro atoms. The lowest BCUT2D eigenvalue weighted by atomic mass is 10.1. The third-order valence-electron chi connectivity index (χ3n) is 3.00. The van der Waals surface area contributed by atoms with Gasteiger partial charge in [-0.2, -0.15) is 4.68 Å². The zero-order valence-electron chi connectivity index (χ0n) is 10.3. The molecule has 1 aliphatic carbocycles. The van der Waals surface area contributed by atoms with Gasteiger partial charge in [-0.25, -0.2) is 0 Å². The first-order valence-corrected chi connectivity index (χ1v) is 7.12. The second-order valence-corrected chi connectivity index (χ2v) is 5.61. The minimum Gasteiger partial charge on any atom is -0.508 e. The van der Waals surface area contributed by atoms with E-state index in [1.807, 2.05) is 0 Å². The molecule has 0 saturated carbocycles. The Labute approximate surface area is 115 Å². The number of phenols is 1. The minimum absolute atomic E-state index is 0.237. The molecule has 0 radical (unpaired) electrons. The van der Waals surface area contributed by atoms with Crippen LogP contribution >= 0.6 is 11.8 Å². The van der Waals surface area contributed by atoms with Crippen LogP contribution in [0.2, 0.25) is 0 Å². The summed E-state index contributed by atoms with van der Waals surface area (Å²) in [5, 5.41) is 22.4. The highest BCUT2D eigenvalue weighted by molar-refractivity contribution is 7.99. The maximum Gasteiger partial charge on any atom is 0.214 e. The molecule has 19 heavy (non-hydrogen) atoms. The predicted octanol–water partition coefficient (Wildman–Crippen LogP) is 2.57. The Morgan fingerprint density at radius 2 is 2.11 bits per heavy atom. The number of allylic oxidation sites excluding steroid dienone is 1. The van der Waals surface area contributed by atoms with E-state index in [4.69, 9.17) is 0 Å². The number of hydrogen-bond acceptors (Lipinski definition) is 5. The van der Waals surface area contributed by atoms with Crippen LogP contribution in [0.25, 0.3) is 5.69 Å². The maximum atomic E-state index is 9.31. The van der Waals surface area contributed by atoms with E-state index in [1.54, 1.807) is 40.7 Å². The fourth-order valence-electron chi connectivity index (χ4n) is 2.02. The smallest absolute Gasteiger partial charge is 0.214 e. The molecule has 2 aromatic rings. The molecule has 0 bridgehead atoms. The molecule has 5 nitrogen and oxygen atoms in total. The van der Waals surface area contributed by atoms with Crippen molar-refractivity contribution in [2.75, 3.05) is 0 Å². The number of thioether (sulfide) groups is 1. The summed E-state index contributed by atoms with van der Waals surface area (Å²) in [5.74, 6) is 0.237. The average molecular weight is 274 g/mol. The topological polar surface area (TPSA) is 63.8 Å². The summed E-state index contributed by atoms with van der Waals surface area (Å²) in [5.41, 5.74) is 0.852. The summed E-state index contributed by atoms with van der Waals surface area (Å²) in [6.07, 6.45) is 7.98. The lowest BCUT2D eigenvalue weighted by Crippen LogP contribution is -2.05. The molecule has 0 aliphatic heterocycles. The van der Waals surface area contributed by atoms with Gasteiger partial charge in [0.05, 0.1) is 5.69 Å². The molecular weight excluding hydrogens is 260 g/mol. The second kappa shape index (κ2) is 5.44. The Hall–Kier alpha value is -1.82. The first kappa shape index (κ1) is 12.2. The first-order valence-electron chi connectivity index (χ1n) is 6.24. The van der Waals surface area contributed by atoms with Crippen molar-refractivity contribution in [1.29, 1.82) is 0 Å². The highest BCUT2D eigenvalue weighted by Gasteiger charge is 2.16. The van der Waals surface area contributed by atoms with E-state index in [1.165, 1.54) is 12.8 Å². The van der Waals surface area contributed by atoms with Crippen molar-refractivity contribution < 1.29 is 5.11 Å². The Morgan fingerprint density at radius 1 is 1.26 bits per heavy atom. The van der Waals surface area contributed by atoms with Gasteiger partial charge in [0.2, 0.25) is 5.16 Å². The number of aromatic nitrogens is 4. The van der Waals surface area contributed by atoms with Crippen molar-refractivity contribution in [2.45, 2.75) is 29.7 Å². The Balaban J connectivity index is 1.83. The van der Waals surface area contributed by atoms with Crippen LogP contribution in [0.4, 0.5) is 0 Å². The van der Waals surface area contributed by atoms with Gasteiger partial charge in [-0.15, -0.1) is 5.10 Å². The highest BCUT2D eigenvalue weighted by atomic mass is 32.2. The number of aromatic hydroxyl groups is 1. The summed E-state index contributed by atoms with van der Waals surface area (Å²) in [4.78, 5) is 0. The van der Waals surface area contributed by atoms with Crippen LogP contribution in [0, 0.1) is 0 Å². The van der Waals surface area contributed by atoms with Crippen LogP contribution in [0.15, 0.2) is 41.6 Å². The normalized spacial score (nSPS) is 18.6. The molecule has 1 aromatic carbocycles. The third-order valence-corrected chi connectivity index (χ3v) is 4.16. The van der Waals surface area contributed by atoms with E-state index >= 15 is 0 Å². The van der Waals surface area contributed by atoms with Crippen LogP contribution in [-0.4, -0.2) is 30.6 Å². The molecule has 1 aliphatic rings. The Morgan fingerprint density at radius 3 is 2.84 bits per heavy atom. The van der Waals surface area contributed by atoms with Gasteiger partial charge >= 0.3 is 0 Å². The molecular formula is C13H14N4OS. The lowest BCUT2D eigenvalue weighted by molar-refractivity contribution is 0.475. The number of benzene rings is 1. The van der Waals surface area contributed by atoms with Crippen LogP contribution in [-0.2, 0) is 0 Å². The van der Waals surface area contributed by atoms with Crippen molar-refractivity contribution in [3.63, 3.8) is 0 Å². The van der Waals surface area contributed by atoms with Gasteiger partial charge in [-0.05, 0) is 54.0 Å². The molecule has 1 heterocycles. The lowest BCUT2D eigenvalue weighted by Gasteiger charge is -2.14. The van der Waals surface area contributed by atoms with Gasteiger partial charge in [0.25, 0.3) is 0 Å². The molecule has 1 atom stereocenters. The van der Waals surface area contributed by atoms with Gasteiger partial charge in [0.15, 0.2) is 0 Å². The Kier molecular flexibility index (Phi) is 3.50. The SMILES string of the molecule is Oc1ccc(-n2nnnc2SC2C=CCCC2)cc1. The molecule has 6 heteroatoms. The van der Waals surface area contributed by atoms with E-state index in [2.05, 4.69) is 27.7 Å². The quantitative estimate of drug-likeness (QED) is 0.871. The summed E-state index contributed by atoms with van der Waals surface area (Å²) in [7, 11) is 0. The monoisotopic (exact) mass is 274 g/mol. The van der Waals surface area contributed by atoms with Gasteiger partial charge in [-0.3, -0.25) is 0 Å². The van der Waals surface area contributed by atoms with Crippen LogP contribution in [0.5, 0.6) is 5.75 Å². The summed E-state index contributed by atoms with van der Waals surface area (Å²) in [6.45, 7) is 0. The number of hydrogen-bond donors (Lipinski definition) is 1. The molecule has 98 valence electrons. The average Bonchev–Trinajstić information content (AvgIpc) is 2.89. The van der Waals surface area contributed by atoms with Crippen molar-refractivity contribution in [3.05, 3.63) is 36.4 Å². The molecule has 0 fully saturated rings. The van der Waals surface area contributed by atoms with E-state index in [9.17, 15) is 5.11 Å². The number of nitrogens with zero attached hydrogens (tertiary/aromatic N) is 4. The minimum atomic E-state index is 0.237. The summed E-state index contributed by atoms with van der Waals surface area (Å²) in [6, 6.07) is 6.86. The van der Waals surface area contributed by atoms with Gasteiger partial charge in [0, 0.05) is 5.25 Å². The molecule has 0 amide bonds. The van der Waals surface area contributed by atoms with Gasteiger partial charge < -0.3 is 5.11 Å².